The molecule has 1 aliphatic heterocycles. The minimum atomic E-state index is -0.469. The van der Waals surface area contributed by atoms with Gasteiger partial charge in [-0.1, -0.05) is 12.1 Å². The predicted molar refractivity (Wildman–Crippen MR) is 91.6 cm³/mol. The first-order valence-corrected chi connectivity index (χ1v) is 7.74. The van der Waals surface area contributed by atoms with Crippen LogP contribution in [0.4, 0.5) is 11.8 Å². The van der Waals surface area contributed by atoms with Crippen LogP contribution in [0.2, 0.25) is 0 Å². The van der Waals surface area contributed by atoms with Gasteiger partial charge in [0, 0.05) is 18.1 Å². The average molecular weight is 333 g/mol. The lowest BCUT2D eigenvalue weighted by Gasteiger charge is -2.27. The summed E-state index contributed by atoms with van der Waals surface area (Å²) >= 11 is 0. The summed E-state index contributed by atoms with van der Waals surface area (Å²) in [5.41, 5.74) is 1.92. The van der Waals surface area contributed by atoms with E-state index in [0.29, 0.717) is 28.7 Å². The van der Waals surface area contributed by atoms with Gasteiger partial charge in [0.25, 0.3) is 5.91 Å². The molecule has 1 atom stereocenters. The van der Waals surface area contributed by atoms with Crippen LogP contribution in [-0.2, 0) is 4.79 Å². The topological polar surface area (TPSA) is 97.6 Å². The first-order valence-electron chi connectivity index (χ1n) is 7.74. The van der Waals surface area contributed by atoms with Crippen LogP contribution in [0.1, 0.15) is 18.7 Å². The largest absolute Gasteiger partial charge is 0.328 e. The molecule has 1 aliphatic rings. The van der Waals surface area contributed by atoms with Gasteiger partial charge in [0.2, 0.25) is 5.95 Å². The molecule has 0 saturated heterocycles. The van der Waals surface area contributed by atoms with Crippen molar-refractivity contribution in [2.45, 2.75) is 13.0 Å². The zero-order valence-corrected chi connectivity index (χ0v) is 13.4. The van der Waals surface area contributed by atoms with Crippen LogP contribution >= 0.6 is 0 Å². The molecule has 25 heavy (non-hydrogen) atoms. The second-order valence-corrected chi connectivity index (χ2v) is 5.52. The second-order valence-electron chi connectivity index (χ2n) is 5.52. The number of fused-ring (bicyclic) bond motifs is 1. The number of hydrogen-bond acceptors (Lipinski definition) is 6. The maximum Gasteiger partial charge on any atom is 0.257 e. The van der Waals surface area contributed by atoms with Gasteiger partial charge in [-0.15, -0.1) is 0 Å². The smallest absolute Gasteiger partial charge is 0.257 e. The quantitative estimate of drug-likeness (QED) is 0.761. The van der Waals surface area contributed by atoms with E-state index in [1.165, 1.54) is 6.33 Å². The summed E-state index contributed by atoms with van der Waals surface area (Å²) in [5, 5.41) is 10.2. The van der Waals surface area contributed by atoms with Crippen molar-refractivity contribution < 1.29 is 4.79 Å². The van der Waals surface area contributed by atoms with E-state index in [2.05, 4.69) is 30.7 Å². The fourth-order valence-electron chi connectivity index (χ4n) is 2.82. The van der Waals surface area contributed by atoms with Gasteiger partial charge in [0.1, 0.15) is 18.2 Å². The number of carbonyl (C=O) groups excluding carboxylic acids is 1. The fourth-order valence-corrected chi connectivity index (χ4v) is 2.82. The molecule has 2 N–H and O–H groups in total. The summed E-state index contributed by atoms with van der Waals surface area (Å²) < 4.78 is 1.66. The molecule has 0 radical (unpaired) electrons. The van der Waals surface area contributed by atoms with E-state index in [0.717, 1.165) is 0 Å². The Balaban J connectivity index is 1.77. The van der Waals surface area contributed by atoms with E-state index in [-0.39, 0.29) is 5.91 Å². The van der Waals surface area contributed by atoms with Gasteiger partial charge in [-0.2, -0.15) is 10.1 Å². The summed E-state index contributed by atoms with van der Waals surface area (Å²) in [6, 6.07) is 10.4. The van der Waals surface area contributed by atoms with Crippen molar-refractivity contribution in [1.29, 1.82) is 0 Å². The summed E-state index contributed by atoms with van der Waals surface area (Å²) in [4.78, 5) is 25.7. The highest BCUT2D eigenvalue weighted by atomic mass is 16.1. The first-order chi connectivity index (χ1) is 12.2. The molecule has 124 valence electrons. The summed E-state index contributed by atoms with van der Waals surface area (Å²) in [7, 11) is 0. The first kappa shape index (κ1) is 15.0. The van der Waals surface area contributed by atoms with Crippen LogP contribution in [0.5, 0.6) is 0 Å². The molecule has 0 bridgehead atoms. The average Bonchev–Trinajstić information content (AvgIpc) is 3.10. The molecule has 1 amide bonds. The Morgan fingerprint density at radius 1 is 1.12 bits per heavy atom. The maximum atomic E-state index is 13.0. The number of pyridine rings is 2. The normalized spacial score (nSPS) is 16.1. The number of carbonyl (C=O) groups is 1. The third-order valence-electron chi connectivity index (χ3n) is 3.91. The van der Waals surface area contributed by atoms with E-state index in [1.807, 2.05) is 31.2 Å². The number of allylic oxidation sites excluding steroid dienone is 1. The lowest BCUT2D eigenvalue weighted by molar-refractivity contribution is -0.113. The molecule has 0 unspecified atom stereocenters. The van der Waals surface area contributed by atoms with Crippen molar-refractivity contribution in [2.75, 3.05) is 10.6 Å². The van der Waals surface area contributed by atoms with Gasteiger partial charge >= 0.3 is 0 Å². The number of rotatable bonds is 3. The Bertz CT molecular complexity index is 934. The Kier molecular flexibility index (Phi) is 3.70. The van der Waals surface area contributed by atoms with Crippen LogP contribution in [0, 0.1) is 0 Å². The third-order valence-corrected chi connectivity index (χ3v) is 3.91. The van der Waals surface area contributed by atoms with Crippen LogP contribution in [0.25, 0.3) is 0 Å². The number of nitrogens with zero attached hydrogens (tertiary/aromatic N) is 5. The second kappa shape index (κ2) is 6.16. The van der Waals surface area contributed by atoms with Gasteiger partial charge in [-0.25, -0.2) is 9.67 Å². The zero-order chi connectivity index (χ0) is 17.2. The van der Waals surface area contributed by atoms with Crippen LogP contribution in [-0.4, -0.2) is 30.6 Å². The van der Waals surface area contributed by atoms with Crippen LogP contribution < -0.4 is 10.6 Å². The molecule has 0 aliphatic carbocycles. The molecule has 4 heterocycles. The van der Waals surface area contributed by atoms with Gasteiger partial charge in [-0.3, -0.25) is 9.78 Å². The molecule has 3 aromatic rings. The Labute approximate surface area is 143 Å². The van der Waals surface area contributed by atoms with Gasteiger partial charge in [0.15, 0.2) is 0 Å². The van der Waals surface area contributed by atoms with Crippen molar-refractivity contribution in [3.63, 3.8) is 0 Å². The van der Waals surface area contributed by atoms with Gasteiger partial charge < -0.3 is 10.6 Å². The molecule has 0 spiro atoms. The van der Waals surface area contributed by atoms with E-state index >= 15 is 0 Å². The molecule has 3 aromatic heterocycles. The van der Waals surface area contributed by atoms with Crippen LogP contribution in [0.15, 0.2) is 66.4 Å². The van der Waals surface area contributed by atoms with Crippen molar-refractivity contribution in [3.8, 4) is 0 Å². The fraction of sp³-hybridized carbons (Fsp3) is 0.118. The SMILES string of the molecule is CC1=C(C(=O)Nc2ccccn2)[C@H](c2ccccn2)n2ncnc2N1. The molecular formula is C17H15N7O. The molecule has 4 rings (SSSR count). The molecule has 0 aromatic carbocycles. The Morgan fingerprint density at radius 3 is 2.64 bits per heavy atom. The lowest BCUT2D eigenvalue weighted by Crippen LogP contribution is -2.32. The molecule has 0 saturated carbocycles. The number of aromatic nitrogens is 5. The number of anilines is 2. The monoisotopic (exact) mass is 333 g/mol. The minimum absolute atomic E-state index is 0.263. The zero-order valence-electron chi connectivity index (χ0n) is 13.4. The van der Waals surface area contributed by atoms with Crippen molar-refractivity contribution in [3.05, 3.63) is 72.1 Å². The van der Waals surface area contributed by atoms with Gasteiger partial charge in [0.05, 0.1) is 11.3 Å². The van der Waals surface area contributed by atoms with Crippen LogP contribution in [0.3, 0.4) is 0 Å². The summed E-state index contributed by atoms with van der Waals surface area (Å²) in [6.45, 7) is 1.83. The van der Waals surface area contributed by atoms with Gasteiger partial charge in [-0.05, 0) is 31.2 Å². The summed E-state index contributed by atoms with van der Waals surface area (Å²) in [5.74, 6) is 0.792. The third kappa shape index (κ3) is 2.74. The maximum absolute atomic E-state index is 13.0. The predicted octanol–water partition coefficient (Wildman–Crippen LogP) is 2.00. The molecular weight excluding hydrogens is 318 g/mol. The molecule has 8 nitrogen and oxygen atoms in total. The van der Waals surface area contributed by atoms with E-state index < -0.39 is 6.04 Å². The summed E-state index contributed by atoms with van der Waals surface area (Å²) in [6.07, 6.45) is 4.77. The highest BCUT2D eigenvalue weighted by Crippen LogP contribution is 2.33. The molecule has 8 heteroatoms. The number of nitrogens with one attached hydrogen (secondary N) is 2. The van der Waals surface area contributed by atoms with E-state index in [4.69, 9.17) is 0 Å². The van der Waals surface area contributed by atoms with Crippen molar-refractivity contribution >= 4 is 17.7 Å². The highest BCUT2D eigenvalue weighted by Gasteiger charge is 2.34. The minimum Gasteiger partial charge on any atom is -0.328 e. The number of amides is 1. The standard InChI is InChI=1S/C17H15N7O/c1-11-14(16(25)23-13-7-3-5-9-19-13)15(12-6-2-4-8-18-12)24-17(22-11)20-10-21-24/h2-10,15H,1H3,(H,19,23,25)(H,20,21,22)/t15-/m0/s1. The van der Waals surface area contributed by atoms with Crippen molar-refractivity contribution in [2.24, 2.45) is 0 Å². The molecule has 0 fully saturated rings. The highest BCUT2D eigenvalue weighted by molar-refractivity contribution is 6.05. The Hall–Kier alpha value is -3.55. The van der Waals surface area contributed by atoms with Crippen molar-refractivity contribution in [1.82, 2.24) is 24.7 Å². The number of hydrogen-bond donors (Lipinski definition) is 2. The van der Waals surface area contributed by atoms with E-state index in [9.17, 15) is 4.79 Å². The lowest BCUT2D eigenvalue weighted by atomic mass is 9.99. The van der Waals surface area contributed by atoms with E-state index in [1.54, 1.807) is 29.2 Å². The Morgan fingerprint density at radius 2 is 1.92 bits per heavy atom.